The number of halogens is 4. The summed E-state index contributed by atoms with van der Waals surface area (Å²) in [7, 11) is 0. The summed E-state index contributed by atoms with van der Waals surface area (Å²) >= 11 is 13.2. The Labute approximate surface area is 147 Å². The third-order valence-electron chi connectivity index (χ3n) is 3.81. The Morgan fingerprint density at radius 3 is 2.24 bits per heavy atom. The molecule has 2 rings (SSSR count). The van der Waals surface area contributed by atoms with Gasteiger partial charge < -0.3 is 0 Å². The lowest BCUT2D eigenvalue weighted by Crippen LogP contribution is -2.33. The Morgan fingerprint density at radius 1 is 1.05 bits per heavy atom. The molecule has 0 fully saturated rings. The Morgan fingerprint density at radius 2 is 1.67 bits per heavy atom. The predicted octanol–water partition coefficient (Wildman–Crippen LogP) is 6.06. The van der Waals surface area contributed by atoms with Crippen LogP contribution in [-0.2, 0) is 11.8 Å². The van der Waals surface area contributed by atoms with Gasteiger partial charge in [-0.15, -0.1) is 0 Å². The molecule has 2 aromatic rings. The average molecular weight is 435 g/mol. The van der Waals surface area contributed by atoms with Gasteiger partial charge in [0.1, 0.15) is 5.82 Å². The highest BCUT2D eigenvalue weighted by atomic mass is 79.9. The Balaban J connectivity index is 2.42. The van der Waals surface area contributed by atoms with Gasteiger partial charge in [-0.3, -0.25) is 0 Å². The Hall–Kier alpha value is -0.380. The van der Waals surface area contributed by atoms with Crippen molar-refractivity contribution in [2.24, 2.45) is 0 Å². The number of aryl methyl sites for hydroxylation is 1. The van der Waals surface area contributed by atoms with Gasteiger partial charge in [-0.2, -0.15) is 0 Å². The van der Waals surface area contributed by atoms with Crippen molar-refractivity contribution in [1.82, 2.24) is 0 Å². The van der Waals surface area contributed by atoms with Gasteiger partial charge in [-0.25, -0.2) is 4.39 Å². The molecule has 0 saturated heterocycles. The molecule has 0 bridgehead atoms. The van der Waals surface area contributed by atoms with E-state index in [1.807, 2.05) is 37.3 Å². The first kappa shape index (κ1) is 17.0. The van der Waals surface area contributed by atoms with Crippen LogP contribution in [0.15, 0.2) is 42.5 Å². The maximum Gasteiger partial charge on any atom is 0.123 e. The van der Waals surface area contributed by atoms with Crippen LogP contribution in [0.2, 0.25) is 5.02 Å². The van der Waals surface area contributed by atoms with Crippen molar-refractivity contribution in [3.05, 3.63) is 70.0 Å². The highest BCUT2D eigenvalue weighted by Crippen LogP contribution is 2.34. The second-order valence-corrected chi connectivity index (χ2v) is 6.86. The lowest BCUT2D eigenvalue weighted by Gasteiger charge is -2.31. The summed E-state index contributed by atoms with van der Waals surface area (Å²) in [4.78, 5) is 0. The molecule has 21 heavy (non-hydrogen) atoms. The highest BCUT2D eigenvalue weighted by molar-refractivity contribution is 9.09. The first-order valence-corrected chi connectivity index (χ1v) is 9.26. The Kier molecular flexibility index (Phi) is 5.87. The van der Waals surface area contributed by atoms with Gasteiger partial charge in [-0.1, -0.05) is 61.7 Å². The number of hydrogen-bond acceptors (Lipinski definition) is 0. The molecule has 0 unspecified atom stereocenters. The molecule has 0 amide bonds. The number of hydrogen-bond donors (Lipinski definition) is 0. The minimum Gasteiger partial charge on any atom is -0.207 e. The molecule has 0 aliphatic rings. The molecule has 0 spiro atoms. The number of benzene rings is 2. The lowest BCUT2D eigenvalue weighted by molar-refractivity contribution is 0.545. The molecule has 0 heterocycles. The molecule has 0 atom stereocenters. The third kappa shape index (κ3) is 3.88. The lowest BCUT2D eigenvalue weighted by atomic mass is 9.78. The van der Waals surface area contributed by atoms with Crippen molar-refractivity contribution in [3.63, 3.8) is 0 Å². The van der Waals surface area contributed by atoms with E-state index in [9.17, 15) is 4.39 Å². The maximum absolute atomic E-state index is 13.5. The van der Waals surface area contributed by atoms with E-state index in [0.717, 1.165) is 33.2 Å². The minimum absolute atomic E-state index is 0.136. The van der Waals surface area contributed by atoms with Gasteiger partial charge in [0.05, 0.1) is 0 Å². The van der Waals surface area contributed by atoms with E-state index >= 15 is 0 Å². The van der Waals surface area contributed by atoms with Gasteiger partial charge in [0.15, 0.2) is 0 Å². The summed E-state index contributed by atoms with van der Waals surface area (Å²) in [6.07, 6.45) is 0.759. The molecule has 0 N–H and O–H groups in total. The second kappa shape index (κ2) is 7.26. The normalized spacial score (nSPS) is 11.7. The first-order valence-electron chi connectivity index (χ1n) is 6.64. The molecular formula is C17H16Br2ClF. The van der Waals surface area contributed by atoms with Crippen LogP contribution in [0.25, 0.3) is 0 Å². The van der Waals surface area contributed by atoms with Gasteiger partial charge in [0.2, 0.25) is 0 Å². The Bertz CT molecular complexity index is 607. The zero-order valence-electron chi connectivity index (χ0n) is 11.7. The van der Waals surface area contributed by atoms with Crippen LogP contribution in [0.3, 0.4) is 0 Å². The highest BCUT2D eigenvalue weighted by Gasteiger charge is 2.31. The molecule has 0 nitrogen and oxygen atoms in total. The van der Waals surface area contributed by atoms with Crippen molar-refractivity contribution >= 4 is 43.5 Å². The van der Waals surface area contributed by atoms with Crippen LogP contribution in [0.5, 0.6) is 0 Å². The third-order valence-corrected chi connectivity index (χ3v) is 6.21. The number of rotatable bonds is 5. The molecule has 0 aliphatic heterocycles. The zero-order chi connectivity index (χ0) is 15.5. The maximum atomic E-state index is 13.5. The van der Waals surface area contributed by atoms with Gasteiger partial charge in [0, 0.05) is 21.1 Å². The molecular weight excluding hydrogens is 418 g/mol. The van der Waals surface area contributed by atoms with Crippen LogP contribution in [0.4, 0.5) is 4.39 Å². The van der Waals surface area contributed by atoms with Crippen molar-refractivity contribution in [2.45, 2.75) is 18.8 Å². The van der Waals surface area contributed by atoms with Gasteiger partial charge >= 0.3 is 0 Å². The summed E-state index contributed by atoms with van der Waals surface area (Å²) in [5, 5.41) is 2.28. The second-order valence-electron chi connectivity index (χ2n) is 5.30. The van der Waals surface area contributed by atoms with Gasteiger partial charge in [0.25, 0.3) is 0 Å². The summed E-state index contributed by atoms with van der Waals surface area (Å²) in [5.74, 6) is -0.190. The van der Waals surface area contributed by atoms with Crippen LogP contribution in [-0.4, -0.2) is 10.7 Å². The van der Waals surface area contributed by atoms with E-state index in [1.54, 1.807) is 6.07 Å². The van der Waals surface area contributed by atoms with Crippen LogP contribution in [0, 0.1) is 12.7 Å². The summed E-state index contributed by atoms with van der Waals surface area (Å²) < 4.78 is 13.5. The first-order chi connectivity index (χ1) is 10.0. The SMILES string of the molecule is Cc1ccc(F)cc1CC(CBr)(CBr)c1ccc(Cl)cc1. The summed E-state index contributed by atoms with van der Waals surface area (Å²) in [5.41, 5.74) is 3.19. The fourth-order valence-electron chi connectivity index (χ4n) is 2.39. The summed E-state index contributed by atoms with van der Waals surface area (Å²) in [6, 6.07) is 12.8. The molecule has 0 saturated carbocycles. The van der Waals surface area contributed by atoms with E-state index in [-0.39, 0.29) is 11.2 Å². The van der Waals surface area contributed by atoms with Crippen LogP contribution in [0.1, 0.15) is 16.7 Å². The fraction of sp³-hybridized carbons (Fsp3) is 0.294. The van der Waals surface area contributed by atoms with E-state index in [2.05, 4.69) is 31.9 Å². The van der Waals surface area contributed by atoms with Crippen molar-refractivity contribution < 1.29 is 4.39 Å². The smallest absolute Gasteiger partial charge is 0.123 e. The predicted molar refractivity (Wildman–Crippen MR) is 95.6 cm³/mol. The number of alkyl halides is 2. The molecule has 4 heteroatoms. The standard InChI is InChI=1S/C17H16Br2ClF/c1-12-2-7-16(21)8-13(12)9-17(10-18,11-19)14-3-5-15(20)6-4-14/h2-8H,9-11H2,1H3. The van der Waals surface area contributed by atoms with E-state index in [4.69, 9.17) is 11.6 Å². The van der Waals surface area contributed by atoms with Gasteiger partial charge in [-0.05, 0) is 54.3 Å². The summed E-state index contributed by atoms with van der Waals surface area (Å²) in [6.45, 7) is 2.02. The van der Waals surface area contributed by atoms with E-state index in [0.29, 0.717) is 0 Å². The van der Waals surface area contributed by atoms with E-state index in [1.165, 1.54) is 11.6 Å². The monoisotopic (exact) mass is 432 g/mol. The largest absolute Gasteiger partial charge is 0.207 e. The average Bonchev–Trinajstić information content (AvgIpc) is 2.49. The van der Waals surface area contributed by atoms with Crippen molar-refractivity contribution in [2.75, 3.05) is 10.7 Å². The zero-order valence-corrected chi connectivity index (χ0v) is 15.6. The molecule has 2 aromatic carbocycles. The quantitative estimate of drug-likeness (QED) is 0.502. The molecule has 0 aliphatic carbocycles. The topological polar surface area (TPSA) is 0 Å². The van der Waals surface area contributed by atoms with Crippen LogP contribution >= 0.6 is 43.5 Å². The molecule has 112 valence electrons. The van der Waals surface area contributed by atoms with Crippen molar-refractivity contribution in [3.8, 4) is 0 Å². The molecule has 0 radical (unpaired) electrons. The minimum atomic E-state index is -0.190. The van der Waals surface area contributed by atoms with Crippen molar-refractivity contribution in [1.29, 1.82) is 0 Å². The van der Waals surface area contributed by atoms with Crippen LogP contribution < -0.4 is 0 Å². The molecule has 0 aromatic heterocycles. The fourth-order valence-corrected chi connectivity index (χ4v) is 4.48. The van der Waals surface area contributed by atoms with E-state index < -0.39 is 0 Å².